The van der Waals surface area contributed by atoms with Crippen LogP contribution >= 0.6 is 0 Å². The minimum atomic E-state index is -0.765. The van der Waals surface area contributed by atoms with Crippen molar-refractivity contribution in [3.8, 4) is 0 Å². The standard InChI is InChI=1S/C16H16O2/c1-12(15(17)13-8-4-2-5-9-13)16(18)14-10-6-3-7-11-14/h2-12,15,17H,1H3/t12-,15+/m1/s1. The van der Waals surface area contributed by atoms with Crippen molar-refractivity contribution in [3.63, 3.8) is 0 Å². The number of aliphatic hydroxyl groups excluding tert-OH is 1. The number of hydrogen-bond donors (Lipinski definition) is 1. The Balaban J connectivity index is 2.17. The molecule has 2 aromatic rings. The predicted molar refractivity (Wildman–Crippen MR) is 71.3 cm³/mol. The summed E-state index contributed by atoms with van der Waals surface area (Å²) >= 11 is 0. The molecule has 0 fully saturated rings. The molecule has 2 aromatic carbocycles. The minimum Gasteiger partial charge on any atom is -0.388 e. The van der Waals surface area contributed by atoms with E-state index in [0.717, 1.165) is 5.56 Å². The summed E-state index contributed by atoms with van der Waals surface area (Å²) in [5, 5.41) is 10.2. The Morgan fingerprint density at radius 3 is 2.00 bits per heavy atom. The average molecular weight is 240 g/mol. The first-order chi connectivity index (χ1) is 8.70. The highest BCUT2D eigenvalue weighted by Crippen LogP contribution is 2.24. The second-order valence-corrected chi connectivity index (χ2v) is 4.37. The summed E-state index contributed by atoms with van der Waals surface area (Å²) < 4.78 is 0. The number of rotatable bonds is 4. The Kier molecular flexibility index (Phi) is 3.90. The Labute approximate surface area is 107 Å². The molecule has 18 heavy (non-hydrogen) atoms. The van der Waals surface area contributed by atoms with Crippen molar-refractivity contribution in [2.24, 2.45) is 5.92 Å². The third-order valence-electron chi connectivity index (χ3n) is 3.09. The van der Waals surface area contributed by atoms with Crippen molar-refractivity contribution in [2.45, 2.75) is 13.0 Å². The molecular formula is C16H16O2. The number of benzene rings is 2. The maximum Gasteiger partial charge on any atom is 0.168 e. The fourth-order valence-corrected chi connectivity index (χ4v) is 1.95. The molecule has 0 saturated heterocycles. The monoisotopic (exact) mass is 240 g/mol. The molecule has 0 bridgehead atoms. The van der Waals surface area contributed by atoms with E-state index in [1.54, 1.807) is 19.1 Å². The smallest absolute Gasteiger partial charge is 0.168 e. The zero-order valence-corrected chi connectivity index (χ0v) is 10.3. The zero-order chi connectivity index (χ0) is 13.0. The van der Waals surface area contributed by atoms with E-state index in [4.69, 9.17) is 0 Å². The van der Waals surface area contributed by atoms with Gasteiger partial charge in [0.2, 0.25) is 0 Å². The van der Waals surface area contributed by atoms with Gasteiger partial charge in [0.1, 0.15) is 0 Å². The summed E-state index contributed by atoms with van der Waals surface area (Å²) in [5.74, 6) is -0.484. The van der Waals surface area contributed by atoms with E-state index in [-0.39, 0.29) is 5.78 Å². The topological polar surface area (TPSA) is 37.3 Å². The molecule has 0 aliphatic carbocycles. The van der Waals surface area contributed by atoms with Gasteiger partial charge in [-0.15, -0.1) is 0 Å². The fourth-order valence-electron chi connectivity index (χ4n) is 1.95. The van der Waals surface area contributed by atoms with Gasteiger partial charge in [0.05, 0.1) is 6.10 Å². The molecule has 0 spiro atoms. The average Bonchev–Trinajstić information content (AvgIpc) is 2.47. The molecule has 2 nitrogen and oxygen atoms in total. The molecule has 0 amide bonds. The molecule has 0 aliphatic rings. The Morgan fingerprint density at radius 2 is 1.44 bits per heavy atom. The molecule has 0 saturated carbocycles. The SMILES string of the molecule is C[C@@H](C(=O)c1ccccc1)[C@H](O)c1ccccc1. The van der Waals surface area contributed by atoms with E-state index in [1.165, 1.54) is 0 Å². The van der Waals surface area contributed by atoms with Crippen LogP contribution in [-0.2, 0) is 0 Å². The van der Waals surface area contributed by atoms with Crippen molar-refractivity contribution in [1.29, 1.82) is 0 Å². The van der Waals surface area contributed by atoms with Crippen LogP contribution in [0.5, 0.6) is 0 Å². The highest BCUT2D eigenvalue weighted by molar-refractivity contribution is 5.98. The molecule has 2 atom stereocenters. The van der Waals surface area contributed by atoms with Crippen LogP contribution in [0.15, 0.2) is 60.7 Å². The Hall–Kier alpha value is -1.93. The lowest BCUT2D eigenvalue weighted by atomic mass is 9.90. The Bertz CT molecular complexity index is 505. The summed E-state index contributed by atoms with van der Waals surface area (Å²) in [6, 6.07) is 18.3. The van der Waals surface area contributed by atoms with Gasteiger partial charge in [-0.1, -0.05) is 67.6 Å². The van der Waals surface area contributed by atoms with Crippen LogP contribution in [-0.4, -0.2) is 10.9 Å². The van der Waals surface area contributed by atoms with Gasteiger partial charge in [-0.3, -0.25) is 4.79 Å². The first-order valence-corrected chi connectivity index (χ1v) is 6.02. The molecule has 2 rings (SSSR count). The molecule has 0 aromatic heterocycles. The summed E-state index contributed by atoms with van der Waals surface area (Å²) in [6.45, 7) is 1.76. The van der Waals surface area contributed by atoms with Gasteiger partial charge in [-0.25, -0.2) is 0 Å². The third kappa shape index (κ3) is 2.66. The highest BCUT2D eigenvalue weighted by Gasteiger charge is 2.24. The predicted octanol–water partition coefficient (Wildman–Crippen LogP) is 3.24. The maximum atomic E-state index is 12.2. The van der Waals surface area contributed by atoms with Crippen LogP contribution in [0.2, 0.25) is 0 Å². The molecular weight excluding hydrogens is 224 g/mol. The van der Waals surface area contributed by atoms with E-state index in [2.05, 4.69) is 0 Å². The number of ketones is 1. The van der Waals surface area contributed by atoms with Gasteiger partial charge in [0.15, 0.2) is 5.78 Å². The van der Waals surface area contributed by atoms with Gasteiger partial charge >= 0.3 is 0 Å². The first kappa shape index (κ1) is 12.5. The summed E-state index contributed by atoms with van der Waals surface area (Å²) in [5.41, 5.74) is 1.41. The number of aliphatic hydroxyl groups is 1. The van der Waals surface area contributed by atoms with E-state index < -0.39 is 12.0 Å². The number of carbonyl (C=O) groups is 1. The van der Waals surface area contributed by atoms with Gasteiger partial charge in [0.25, 0.3) is 0 Å². The molecule has 0 unspecified atom stereocenters. The summed E-state index contributed by atoms with van der Waals surface area (Å²) in [6.07, 6.45) is -0.765. The summed E-state index contributed by atoms with van der Waals surface area (Å²) in [7, 11) is 0. The van der Waals surface area contributed by atoms with E-state index in [1.807, 2.05) is 48.5 Å². The van der Waals surface area contributed by atoms with Crippen molar-refractivity contribution >= 4 is 5.78 Å². The lowest BCUT2D eigenvalue weighted by Gasteiger charge is -2.18. The van der Waals surface area contributed by atoms with E-state index in [0.29, 0.717) is 5.56 Å². The third-order valence-corrected chi connectivity index (χ3v) is 3.09. The van der Waals surface area contributed by atoms with Gasteiger partial charge < -0.3 is 5.11 Å². The number of hydrogen-bond acceptors (Lipinski definition) is 2. The largest absolute Gasteiger partial charge is 0.388 e. The van der Waals surface area contributed by atoms with Crippen molar-refractivity contribution in [2.75, 3.05) is 0 Å². The van der Waals surface area contributed by atoms with E-state index >= 15 is 0 Å². The van der Waals surface area contributed by atoms with Crippen LogP contribution in [0.1, 0.15) is 28.9 Å². The van der Waals surface area contributed by atoms with Crippen LogP contribution < -0.4 is 0 Å². The first-order valence-electron chi connectivity index (χ1n) is 6.02. The van der Waals surface area contributed by atoms with Crippen LogP contribution in [0.3, 0.4) is 0 Å². The van der Waals surface area contributed by atoms with Crippen LogP contribution in [0.4, 0.5) is 0 Å². The lowest BCUT2D eigenvalue weighted by Crippen LogP contribution is -2.19. The minimum absolute atomic E-state index is 0.0352. The van der Waals surface area contributed by atoms with E-state index in [9.17, 15) is 9.90 Å². The van der Waals surface area contributed by atoms with Gasteiger partial charge in [-0.2, -0.15) is 0 Å². The molecule has 0 heterocycles. The fraction of sp³-hybridized carbons (Fsp3) is 0.188. The summed E-state index contributed by atoms with van der Waals surface area (Å²) in [4.78, 5) is 12.2. The molecule has 1 N–H and O–H groups in total. The van der Waals surface area contributed by atoms with Crippen molar-refractivity contribution < 1.29 is 9.90 Å². The second kappa shape index (κ2) is 5.61. The van der Waals surface area contributed by atoms with Crippen molar-refractivity contribution in [1.82, 2.24) is 0 Å². The normalized spacial score (nSPS) is 13.9. The molecule has 0 aliphatic heterocycles. The van der Waals surface area contributed by atoms with Crippen LogP contribution in [0.25, 0.3) is 0 Å². The van der Waals surface area contributed by atoms with Gasteiger partial charge in [0, 0.05) is 11.5 Å². The van der Waals surface area contributed by atoms with Crippen molar-refractivity contribution in [3.05, 3.63) is 71.8 Å². The number of carbonyl (C=O) groups excluding carboxylic acids is 1. The molecule has 0 radical (unpaired) electrons. The second-order valence-electron chi connectivity index (χ2n) is 4.37. The molecule has 92 valence electrons. The van der Waals surface area contributed by atoms with Crippen LogP contribution in [0, 0.1) is 5.92 Å². The highest BCUT2D eigenvalue weighted by atomic mass is 16.3. The quantitative estimate of drug-likeness (QED) is 0.833. The Morgan fingerprint density at radius 1 is 0.944 bits per heavy atom. The maximum absolute atomic E-state index is 12.2. The van der Waals surface area contributed by atoms with Gasteiger partial charge in [-0.05, 0) is 5.56 Å². The zero-order valence-electron chi connectivity index (χ0n) is 10.3. The number of Topliss-reactive ketones (excluding diaryl/α,β-unsaturated/α-hetero) is 1. The molecule has 2 heteroatoms. The lowest BCUT2D eigenvalue weighted by molar-refractivity contribution is 0.0714.